The van der Waals surface area contributed by atoms with E-state index in [2.05, 4.69) is 22.2 Å². The van der Waals surface area contributed by atoms with Crippen molar-refractivity contribution in [3.8, 4) is 0 Å². The van der Waals surface area contributed by atoms with Crippen LogP contribution in [0.1, 0.15) is 18.3 Å². The summed E-state index contributed by atoms with van der Waals surface area (Å²) < 4.78 is 5.16. The number of aromatic amines is 1. The quantitative estimate of drug-likeness (QED) is 0.582. The SMILES string of the molecule is CCc1ccc(NC(=O)CN(CCOC)Cc2nc3ccccc3c(=O)[nH]2)cc1. The first kappa shape index (κ1) is 20.7. The van der Waals surface area contributed by atoms with Gasteiger partial charge in [0, 0.05) is 19.3 Å². The Morgan fingerprint density at radius 3 is 2.66 bits per heavy atom. The van der Waals surface area contributed by atoms with Gasteiger partial charge in [-0.3, -0.25) is 14.5 Å². The van der Waals surface area contributed by atoms with Crippen LogP contribution in [-0.2, 0) is 22.5 Å². The molecular weight excluding hydrogens is 368 g/mol. The van der Waals surface area contributed by atoms with Crippen molar-refractivity contribution in [2.75, 3.05) is 32.1 Å². The van der Waals surface area contributed by atoms with Crippen molar-refractivity contribution in [3.05, 3.63) is 70.3 Å². The molecular formula is C22H26N4O3. The molecule has 29 heavy (non-hydrogen) atoms. The molecule has 0 aliphatic rings. The number of nitrogens with one attached hydrogen (secondary N) is 2. The van der Waals surface area contributed by atoms with Gasteiger partial charge in [-0.05, 0) is 36.2 Å². The van der Waals surface area contributed by atoms with Crippen molar-refractivity contribution in [2.24, 2.45) is 0 Å². The van der Waals surface area contributed by atoms with E-state index < -0.39 is 0 Å². The molecule has 7 heteroatoms. The third-order valence-corrected chi connectivity index (χ3v) is 4.66. The molecule has 0 aliphatic heterocycles. The lowest BCUT2D eigenvalue weighted by molar-refractivity contribution is -0.117. The number of carbonyl (C=O) groups excluding carboxylic acids is 1. The highest BCUT2D eigenvalue weighted by Gasteiger charge is 2.14. The van der Waals surface area contributed by atoms with Crippen molar-refractivity contribution in [1.82, 2.24) is 14.9 Å². The van der Waals surface area contributed by atoms with Crippen LogP contribution >= 0.6 is 0 Å². The average molecular weight is 394 g/mol. The van der Waals surface area contributed by atoms with Gasteiger partial charge in [0.05, 0.1) is 30.6 Å². The molecule has 1 heterocycles. The molecule has 0 aliphatic carbocycles. The number of amides is 1. The number of methoxy groups -OCH3 is 1. The van der Waals surface area contributed by atoms with E-state index in [9.17, 15) is 9.59 Å². The fourth-order valence-corrected chi connectivity index (χ4v) is 3.08. The summed E-state index contributed by atoms with van der Waals surface area (Å²) in [6.45, 7) is 3.60. The lowest BCUT2D eigenvalue weighted by Crippen LogP contribution is -2.36. The maximum Gasteiger partial charge on any atom is 0.258 e. The fraction of sp³-hybridized carbons (Fsp3) is 0.318. The minimum Gasteiger partial charge on any atom is -0.383 e. The van der Waals surface area contributed by atoms with Gasteiger partial charge in [0.1, 0.15) is 5.82 Å². The number of carbonyl (C=O) groups is 1. The average Bonchev–Trinajstić information content (AvgIpc) is 2.72. The van der Waals surface area contributed by atoms with Gasteiger partial charge in [-0.2, -0.15) is 0 Å². The van der Waals surface area contributed by atoms with Gasteiger partial charge >= 0.3 is 0 Å². The molecule has 0 saturated heterocycles. The lowest BCUT2D eigenvalue weighted by Gasteiger charge is -2.21. The van der Waals surface area contributed by atoms with Gasteiger partial charge in [-0.25, -0.2) is 4.98 Å². The van der Waals surface area contributed by atoms with Crippen LogP contribution in [0, 0.1) is 0 Å². The van der Waals surface area contributed by atoms with Crippen LogP contribution in [0.25, 0.3) is 10.9 Å². The minimum absolute atomic E-state index is 0.131. The highest BCUT2D eigenvalue weighted by Crippen LogP contribution is 2.11. The zero-order valence-corrected chi connectivity index (χ0v) is 16.8. The number of hydrogen-bond acceptors (Lipinski definition) is 5. The molecule has 0 bridgehead atoms. The maximum atomic E-state index is 12.5. The van der Waals surface area contributed by atoms with E-state index in [4.69, 9.17) is 4.74 Å². The first-order chi connectivity index (χ1) is 14.1. The molecule has 0 radical (unpaired) electrons. The monoisotopic (exact) mass is 394 g/mol. The molecule has 2 N–H and O–H groups in total. The van der Waals surface area contributed by atoms with Crippen molar-refractivity contribution in [2.45, 2.75) is 19.9 Å². The van der Waals surface area contributed by atoms with E-state index in [1.807, 2.05) is 35.2 Å². The highest BCUT2D eigenvalue weighted by atomic mass is 16.5. The van der Waals surface area contributed by atoms with E-state index >= 15 is 0 Å². The molecule has 3 aromatic rings. The first-order valence-electron chi connectivity index (χ1n) is 9.67. The Hall–Kier alpha value is -3.03. The summed E-state index contributed by atoms with van der Waals surface area (Å²) in [6.07, 6.45) is 0.954. The van der Waals surface area contributed by atoms with Gasteiger partial charge in [0.2, 0.25) is 5.91 Å². The van der Waals surface area contributed by atoms with Gasteiger partial charge in [0.25, 0.3) is 5.56 Å². The van der Waals surface area contributed by atoms with E-state index in [1.165, 1.54) is 5.56 Å². The van der Waals surface area contributed by atoms with Crippen LogP contribution in [-0.4, -0.2) is 47.6 Å². The van der Waals surface area contributed by atoms with Gasteiger partial charge in [0.15, 0.2) is 0 Å². The number of anilines is 1. The topological polar surface area (TPSA) is 87.3 Å². The van der Waals surface area contributed by atoms with E-state index in [0.717, 1.165) is 12.1 Å². The Morgan fingerprint density at radius 2 is 1.93 bits per heavy atom. The number of aromatic nitrogens is 2. The van der Waals surface area contributed by atoms with E-state index in [0.29, 0.717) is 36.4 Å². The summed E-state index contributed by atoms with van der Waals surface area (Å²) in [6, 6.07) is 15.0. The summed E-state index contributed by atoms with van der Waals surface area (Å²) in [7, 11) is 1.61. The molecule has 2 aromatic carbocycles. The minimum atomic E-state index is -0.183. The summed E-state index contributed by atoms with van der Waals surface area (Å²) in [5, 5.41) is 3.46. The summed E-state index contributed by atoms with van der Waals surface area (Å²) in [5.74, 6) is 0.387. The summed E-state index contributed by atoms with van der Waals surface area (Å²) in [5.41, 5.74) is 2.43. The van der Waals surface area contributed by atoms with Crippen LogP contribution in [0.15, 0.2) is 53.3 Å². The molecule has 152 valence electrons. The van der Waals surface area contributed by atoms with Crippen LogP contribution < -0.4 is 10.9 Å². The van der Waals surface area contributed by atoms with Gasteiger partial charge < -0.3 is 15.0 Å². The fourth-order valence-electron chi connectivity index (χ4n) is 3.08. The number of para-hydroxylation sites is 1. The number of H-pyrrole nitrogens is 1. The molecule has 0 saturated carbocycles. The van der Waals surface area contributed by atoms with E-state index in [-0.39, 0.29) is 18.0 Å². The number of ether oxygens (including phenoxy) is 1. The summed E-state index contributed by atoms with van der Waals surface area (Å²) in [4.78, 5) is 34.0. The number of nitrogens with zero attached hydrogens (tertiary/aromatic N) is 2. The lowest BCUT2D eigenvalue weighted by atomic mass is 10.1. The van der Waals surface area contributed by atoms with Crippen LogP contribution in [0.5, 0.6) is 0 Å². The molecule has 0 fully saturated rings. The zero-order valence-electron chi connectivity index (χ0n) is 16.8. The summed E-state index contributed by atoms with van der Waals surface area (Å²) >= 11 is 0. The Morgan fingerprint density at radius 1 is 1.17 bits per heavy atom. The standard InChI is InChI=1S/C22H26N4O3/c1-3-16-8-10-17(11-9-16)23-21(27)15-26(12-13-29-2)14-20-24-19-7-5-4-6-18(19)22(28)25-20/h4-11H,3,12-15H2,1-2H3,(H,23,27)(H,24,25,28). The first-order valence-corrected chi connectivity index (χ1v) is 9.67. The van der Waals surface area contributed by atoms with Crippen molar-refractivity contribution >= 4 is 22.5 Å². The largest absolute Gasteiger partial charge is 0.383 e. The molecule has 7 nitrogen and oxygen atoms in total. The number of benzene rings is 2. The number of rotatable bonds is 9. The second-order valence-corrected chi connectivity index (χ2v) is 6.83. The van der Waals surface area contributed by atoms with Crippen LogP contribution in [0.3, 0.4) is 0 Å². The normalized spacial score (nSPS) is 11.1. The molecule has 1 aromatic heterocycles. The van der Waals surface area contributed by atoms with Crippen LogP contribution in [0.4, 0.5) is 5.69 Å². The molecule has 0 spiro atoms. The number of fused-ring (bicyclic) bond motifs is 1. The van der Waals surface area contributed by atoms with Crippen LogP contribution in [0.2, 0.25) is 0 Å². The Bertz CT molecular complexity index is 1010. The second-order valence-electron chi connectivity index (χ2n) is 6.83. The smallest absolute Gasteiger partial charge is 0.258 e. The third kappa shape index (κ3) is 5.73. The van der Waals surface area contributed by atoms with Crippen molar-refractivity contribution in [1.29, 1.82) is 0 Å². The van der Waals surface area contributed by atoms with E-state index in [1.54, 1.807) is 25.3 Å². The third-order valence-electron chi connectivity index (χ3n) is 4.66. The van der Waals surface area contributed by atoms with Crippen molar-refractivity contribution < 1.29 is 9.53 Å². The maximum absolute atomic E-state index is 12.5. The number of hydrogen-bond donors (Lipinski definition) is 2. The molecule has 0 unspecified atom stereocenters. The Balaban J connectivity index is 1.70. The highest BCUT2D eigenvalue weighted by molar-refractivity contribution is 5.92. The Kier molecular flexibility index (Phi) is 7.10. The molecule has 3 rings (SSSR count). The predicted octanol–water partition coefficient (Wildman–Crippen LogP) is 2.57. The Labute approximate surface area is 169 Å². The van der Waals surface area contributed by atoms with Crippen molar-refractivity contribution in [3.63, 3.8) is 0 Å². The molecule has 1 amide bonds. The van der Waals surface area contributed by atoms with Gasteiger partial charge in [-0.15, -0.1) is 0 Å². The second kappa shape index (κ2) is 9.95. The number of aryl methyl sites for hydroxylation is 1. The predicted molar refractivity (Wildman–Crippen MR) is 114 cm³/mol. The van der Waals surface area contributed by atoms with Gasteiger partial charge in [-0.1, -0.05) is 31.2 Å². The molecule has 0 atom stereocenters. The zero-order chi connectivity index (χ0) is 20.6.